The van der Waals surface area contributed by atoms with Gasteiger partial charge in [-0.15, -0.1) is 0 Å². The van der Waals surface area contributed by atoms with Crippen molar-refractivity contribution in [2.45, 2.75) is 6.42 Å². The van der Waals surface area contributed by atoms with Crippen LogP contribution in [0.25, 0.3) is 0 Å². The molecule has 2 aromatic carbocycles. The minimum atomic E-state index is -0.660. The lowest BCUT2D eigenvalue weighted by Gasteiger charge is -2.10. The van der Waals surface area contributed by atoms with Gasteiger partial charge in [0.1, 0.15) is 0 Å². The van der Waals surface area contributed by atoms with Crippen molar-refractivity contribution in [3.8, 4) is 5.75 Å². The molecule has 0 saturated carbocycles. The van der Waals surface area contributed by atoms with Gasteiger partial charge in [0.2, 0.25) is 5.91 Å². The quantitative estimate of drug-likeness (QED) is 0.625. The Labute approximate surface area is 159 Å². The first-order valence-corrected chi connectivity index (χ1v) is 8.33. The largest absolute Gasteiger partial charge is 0.481 e. The second-order valence-electron chi connectivity index (χ2n) is 5.30. The number of rotatable bonds is 7. The highest BCUT2D eigenvalue weighted by atomic mass is 35.5. The third kappa shape index (κ3) is 6.59. The maximum Gasteiger partial charge on any atom is 0.276 e. The first-order chi connectivity index (χ1) is 13.0. The highest BCUT2D eigenvalue weighted by molar-refractivity contribution is 6.33. The van der Waals surface area contributed by atoms with Gasteiger partial charge in [0.15, 0.2) is 18.2 Å². The fraction of sp³-hybridized carbons (Fsp3) is 0.167. The minimum Gasteiger partial charge on any atom is -0.481 e. The zero-order valence-corrected chi connectivity index (χ0v) is 14.9. The molecule has 0 spiro atoms. The van der Waals surface area contributed by atoms with E-state index in [4.69, 9.17) is 16.3 Å². The average molecular weight is 394 g/mol. The van der Waals surface area contributed by atoms with Crippen molar-refractivity contribution in [3.05, 3.63) is 64.9 Å². The predicted molar refractivity (Wildman–Crippen MR) is 96.6 cm³/mol. The molecule has 3 amide bonds. The van der Waals surface area contributed by atoms with Crippen LogP contribution in [0.3, 0.4) is 0 Å². The van der Waals surface area contributed by atoms with Gasteiger partial charge in [0.05, 0.1) is 10.6 Å². The van der Waals surface area contributed by atoms with Crippen LogP contribution in [0.4, 0.5) is 4.39 Å². The van der Waals surface area contributed by atoms with Crippen LogP contribution >= 0.6 is 11.6 Å². The van der Waals surface area contributed by atoms with Crippen LogP contribution in [0.1, 0.15) is 16.8 Å². The average Bonchev–Trinajstić information content (AvgIpc) is 2.66. The van der Waals surface area contributed by atoms with Gasteiger partial charge >= 0.3 is 0 Å². The van der Waals surface area contributed by atoms with E-state index >= 15 is 0 Å². The molecule has 142 valence electrons. The molecule has 2 rings (SSSR count). The summed E-state index contributed by atoms with van der Waals surface area (Å²) in [6.07, 6.45) is -0.0648. The summed E-state index contributed by atoms with van der Waals surface area (Å²) >= 11 is 5.91. The van der Waals surface area contributed by atoms with Crippen LogP contribution in [0.5, 0.6) is 5.75 Å². The third-order valence-electron chi connectivity index (χ3n) is 3.29. The van der Waals surface area contributed by atoms with E-state index in [2.05, 4.69) is 16.2 Å². The number of para-hydroxylation sites is 1. The lowest BCUT2D eigenvalue weighted by Crippen LogP contribution is -2.44. The number of halogens is 2. The van der Waals surface area contributed by atoms with Crippen molar-refractivity contribution in [1.82, 2.24) is 16.2 Å². The van der Waals surface area contributed by atoms with Crippen LogP contribution in [-0.4, -0.2) is 30.9 Å². The lowest BCUT2D eigenvalue weighted by molar-refractivity contribution is -0.130. The van der Waals surface area contributed by atoms with Crippen LogP contribution in [-0.2, 0) is 9.59 Å². The van der Waals surface area contributed by atoms with Gasteiger partial charge in [0.25, 0.3) is 11.8 Å². The van der Waals surface area contributed by atoms with E-state index in [1.54, 1.807) is 30.3 Å². The molecule has 0 radical (unpaired) electrons. The van der Waals surface area contributed by atoms with Gasteiger partial charge in [-0.3, -0.25) is 25.2 Å². The molecule has 9 heteroatoms. The molecule has 0 saturated heterocycles. The Morgan fingerprint density at radius 2 is 1.63 bits per heavy atom. The molecule has 0 bridgehead atoms. The summed E-state index contributed by atoms with van der Waals surface area (Å²) in [5.41, 5.74) is 4.60. The van der Waals surface area contributed by atoms with Crippen molar-refractivity contribution in [3.63, 3.8) is 0 Å². The lowest BCUT2D eigenvalue weighted by atomic mass is 10.2. The number of ether oxygens (including phenoxy) is 1. The van der Waals surface area contributed by atoms with Gasteiger partial charge in [-0.05, 0) is 24.3 Å². The smallest absolute Gasteiger partial charge is 0.276 e. The summed E-state index contributed by atoms with van der Waals surface area (Å²) in [7, 11) is 0. The number of hydrogen-bond acceptors (Lipinski definition) is 4. The molecule has 0 atom stereocenters. The van der Waals surface area contributed by atoms with E-state index in [1.165, 1.54) is 18.2 Å². The van der Waals surface area contributed by atoms with Crippen molar-refractivity contribution < 1.29 is 23.5 Å². The number of benzene rings is 2. The molecule has 0 fully saturated rings. The normalized spacial score (nSPS) is 10.0. The summed E-state index contributed by atoms with van der Waals surface area (Å²) in [6.45, 7) is -0.415. The second-order valence-corrected chi connectivity index (χ2v) is 5.71. The molecule has 0 aliphatic heterocycles. The molecule has 3 N–H and O–H groups in total. The Balaban J connectivity index is 1.64. The fourth-order valence-electron chi connectivity index (χ4n) is 1.97. The van der Waals surface area contributed by atoms with Crippen molar-refractivity contribution in [2.24, 2.45) is 0 Å². The van der Waals surface area contributed by atoms with Gasteiger partial charge in [-0.2, -0.15) is 0 Å². The van der Waals surface area contributed by atoms with Gasteiger partial charge < -0.3 is 10.1 Å². The summed E-state index contributed by atoms with van der Waals surface area (Å²) in [6, 6.07) is 12.2. The van der Waals surface area contributed by atoms with E-state index in [-0.39, 0.29) is 18.7 Å². The van der Waals surface area contributed by atoms with Crippen LogP contribution in [0, 0.1) is 5.82 Å². The molecule has 0 aliphatic carbocycles. The monoisotopic (exact) mass is 393 g/mol. The molecule has 0 aromatic heterocycles. The molecule has 0 heterocycles. The first-order valence-electron chi connectivity index (χ1n) is 7.95. The van der Waals surface area contributed by atoms with E-state index in [9.17, 15) is 18.8 Å². The molecular formula is C18H17ClFN3O4. The number of carbonyl (C=O) groups excluding carboxylic acids is 3. The summed E-state index contributed by atoms with van der Waals surface area (Å²) < 4.78 is 18.3. The Morgan fingerprint density at radius 1 is 0.963 bits per heavy atom. The maximum atomic E-state index is 13.3. The first kappa shape index (κ1) is 20.2. The van der Waals surface area contributed by atoms with Crippen molar-refractivity contribution in [2.75, 3.05) is 13.2 Å². The van der Waals surface area contributed by atoms with Gasteiger partial charge in [0, 0.05) is 13.0 Å². The molecule has 7 nitrogen and oxygen atoms in total. The summed E-state index contributed by atoms with van der Waals surface area (Å²) in [4.78, 5) is 35.2. The van der Waals surface area contributed by atoms with Crippen LogP contribution in [0.2, 0.25) is 5.02 Å². The zero-order valence-electron chi connectivity index (χ0n) is 14.1. The van der Waals surface area contributed by atoms with Crippen LogP contribution < -0.4 is 20.9 Å². The number of nitrogens with one attached hydrogen (secondary N) is 3. The maximum absolute atomic E-state index is 13.3. The van der Waals surface area contributed by atoms with E-state index in [0.29, 0.717) is 10.6 Å². The SMILES string of the molecule is O=C(CCNC(=O)c1ccccc1Cl)NNC(=O)COc1ccccc1F. The number of amides is 3. The van der Waals surface area contributed by atoms with Gasteiger partial charge in [-0.1, -0.05) is 35.9 Å². The molecule has 0 unspecified atom stereocenters. The number of hydrogen-bond donors (Lipinski definition) is 3. The minimum absolute atomic E-state index is 0.0531. The summed E-state index contributed by atoms with van der Waals surface area (Å²) in [5, 5.41) is 2.85. The zero-order chi connectivity index (χ0) is 19.6. The van der Waals surface area contributed by atoms with Crippen LogP contribution in [0.15, 0.2) is 48.5 Å². The van der Waals surface area contributed by atoms with E-state index in [0.717, 1.165) is 0 Å². The van der Waals surface area contributed by atoms with Crippen molar-refractivity contribution in [1.29, 1.82) is 0 Å². The highest BCUT2D eigenvalue weighted by Crippen LogP contribution is 2.15. The summed E-state index contributed by atoms with van der Waals surface area (Å²) in [5.74, 6) is -2.25. The molecule has 27 heavy (non-hydrogen) atoms. The second kappa shape index (κ2) is 10.1. The standard InChI is InChI=1S/C18H17ClFN3O4/c19-13-6-2-1-5-12(13)18(26)21-10-9-16(24)22-23-17(25)11-27-15-8-4-3-7-14(15)20/h1-8H,9-11H2,(H,21,26)(H,22,24)(H,23,25). The Kier molecular flexibility index (Phi) is 7.57. The molecular weight excluding hydrogens is 377 g/mol. The molecule has 2 aromatic rings. The fourth-order valence-corrected chi connectivity index (χ4v) is 2.19. The Hall–Kier alpha value is -3.13. The Morgan fingerprint density at radius 3 is 2.37 bits per heavy atom. The van der Waals surface area contributed by atoms with E-state index in [1.807, 2.05) is 0 Å². The highest BCUT2D eigenvalue weighted by Gasteiger charge is 2.11. The Bertz CT molecular complexity index is 832. The van der Waals surface area contributed by atoms with Crippen molar-refractivity contribution >= 4 is 29.3 Å². The topological polar surface area (TPSA) is 96.5 Å². The third-order valence-corrected chi connectivity index (χ3v) is 3.62. The number of carbonyl (C=O) groups is 3. The number of hydrazine groups is 1. The van der Waals surface area contributed by atoms with Gasteiger partial charge in [-0.25, -0.2) is 4.39 Å². The van der Waals surface area contributed by atoms with E-state index < -0.39 is 30.1 Å². The predicted octanol–water partition coefficient (Wildman–Crippen LogP) is 1.83. The molecule has 0 aliphatic rings.